The van der Waals surface area contributed by atoms with Gasteiger partial charge in [-0.15, -0.1) is 0 Å². The van der Waals surface area contributed by atoms with Gasteiger partial charge < -0.3 is 15.3 Å². The lowest BCUT2D eigenvalue weighted by atomic mass is 9.98. The molecule has 0 aliphatic heterocycles. The molecule has 0 aliphatic carbocycles. The third-order valence-electron chi connectivity index (χ3n) is 1.93. The van der Waals surface area contributed by atoms with Crippen LogP contribution in [0.2, 0.25) is 0 Å². The standard InChI is InChI=1S/C9H13NO3/c10-3-1-8(9(11)12)5-7-2-4-13-6-7/h2,4,6,8H,1,3,5,10H2,(H,11,12). The van der Waals surface area contributed by atoms with Gasteiger partial charge in [0, 0.05) is 0 Å². The van der Waals surface area contributed by atoms with E-state index in [4.69, 9.17) is 15.3 Å². The van der Waals surface area contributed by atoms with Gasteiger partial charge in [0.25, 0.3) is 0 Å². The number of carbonyl (C=O) groups is 1. The molecule has 0 bridgehead atoms. The molecule has 0 saturated heterocycles. The summed E-state index contributed by atoms with van der Waals surface area (Å²) in [7, 11) is 0. The maximum Gasteiger partial charge on any atom is 0.306 e. The second-order valence-electron chi connectivity index (χ2n) is 2.95. The zero-order valence-corrected chi connectivity index (χ0v) is 7.27. The van der Waals surface area contributed by atoms with Gasteiger partial charge in [-0.1, -0.05) is 0 Å². The van der Waals surface area contributed by atoms with Gasteiger partial charge in [0.1, 0.15) is 0 Å². The molecule has 1 aromatic rings. The van der Waals surface area contributed by atoms with Crippen LogP contribution in [-0.4, -0.2) is 17.6 Å². The first-order valence-corrected chi connectivity index (χ1v) is 4.18. The maximum absolute atomic E-state index is 10.7. The van der Waals surface area contributed by atoms with Crippen molar-refractivity contribution in [1.82, 2.24) is 0 Å². The normalized spacial score (nSPS) is 12.7. The first-order valence-electron chi connectivity index (χ1n) is 4.18. The summed E-state index contributed by atoms with van der Waals surface area (Å²) < 4.78 is 4.85. The molecule has 0 amide bonds. The summed E-state index contributed by atoms with van der Waals surface area (Å²) in [6.07, 6.45) is 4.09. The Morgan fingerprint density at radius 3 is 2.92 bits per heavy atom. The highest BCUT2D eigenvalue weighted by Crippen LogP contribution is 2.12. The smallest absolute Gasteiger partial charge is 0.306 e. The van der Waals surface area contributed by atoms with Crippen LogP contribution in [0.4, 0.5) is 0 Å². The van der Waals surface area contributed by atoms with Crippen LogP contribution in [0.1, 0.15) is 12.0 Å². The number of carboxylic acids is 1. The van der Waals surface area contributed by atoms with E-state index in [9.17, 15) is 4.79 Å². The molecule has 0 saturated carbocycles. The fourth-order valence-corrected chi connectivity index (χ4v) is 1.21. The van der Waals surface area contributed by atoms with E-state index >= 15 is 0 Å². The summed E-state index contributed by atoms with van der Waals surface area (Å²) in [6, 6.07) is 1.77. The van der Waals surface area contributed by atoms with Crippen molar-refractivity contribution in [2.45, 2.75) is 12.8 Å². The molecule has 1 rings (SSSR count). The Labute approximate surface area is 76.3 Å². The Balaban J connectivity index is 2.52. The molecule has 1 heterocycles. The lowest BCUT2D eigenvalue weighted by Crippen LogP contribution is -2.19. The minimum atomic E-state index is -0.799. The quantitative estimate of drug-likeness (QED) is 0.710. The monoisotopic (exact) mass is 183 g/mol. The van der Waals surface area contributed by atoms with Crippen LogP contribution in [0.5, 0.6) is 0 Å². The van der Waals surface area contributed by atoms with E-state index in [2.05, 4.69) is 0 Å². The first kappa shape index (κ1) is 9.80. The van der Waals surface area contributed by atoms with E-state index in [1.54, 1.807) is 12.3 Å². The Kier molecular flexibility index (Phi) is 3.52. The van der Waals surface area contributed by atoms with Crippen molar-refractivity contribution in [2.24, 2.45) is 11.7 Å². The molecule has 1 atom stereocenters. The van der Waals surface area contributed by atoms with Gasteiger partial charge in [0.05, 0.1) is 18.4 Å². The van der Waals surface area contributed by atoms with Gasteiger partial charge in [0.15, 0.2) is 0 Å². The molecule has 1 unspecified atom stereocenters. The van der Waals surface area contributed by atoms with Crippen molar-refractivity contribution in [2.75, 3.05) is 6.54 Å². The highest BCUT2D eigenvalue weighted by molar-refractivity contribution is 5.70. The Morgan fingerprint density at radius 2 is 2.46 bits per heavy atom. The van der Waals surface area contributed by atoms with E-state index in [0.717, 1.165) is 5.56 Å². The maximum atomic E-state index is 10.7. The van der Waals surface area contributed by atoms with E-state index in [-0.39, 0.29) is 0 Å². The fraction of sp³-hybridized carbons (Fsp3) is 0.444. The van der Waals surface area contributed by atoms with Crippen LogP contribution in [0.15, 0.2) is 23.0 Å². The number of aliphatic carboxylic acids is 1. The van der Waals surface area contributed by atoms with Gasteiger partial charge in [-0.2, -0.15) is 0 Å². The van der Waals surface area contributed by atoms with Crippen LogP contribution in [0.3, 0.4) is 0 Å². The van der Waals surface area contributed by atoms with Crippen molar-refractivity contribution < 1.29 is 14.3 Å². The zero-order chi connectivity index (χ0) is 9.68. The van der Waals surface area contributed by atoms with Gasteiger partial charge in [-0.3, -0.25) is 4.79 Å². The lowest BCUT2D eigenvalue weighted by molar-refractivity contribution is -0.141. The minimum Gasteiger partial charge on any atom is -0.481 e. The molecule has 72 valence electrons. The summed E-state index contributed by atoms with van der Waals surface area (Å²) in [5.74, 6) is -1.20. The molecule has 0 fully saturated rings. The third-order valence-corrected chi connectivity index (χ3v) is 1.93. The molecule has 1 aromatic heterocycles. The van der Waals surface area contributed by atoms with E-state index in [1.807, 2.05) is 0 Å². The minimum absolute atomic E-state index is 0.398. The van der Waals surface area contributed by atoms with Gasteiger partial charge in [-0.25, -0.2) is 0 Å². The van der Waals surface area contributed by atoms with Crippen LogP contribution in [0, 0.1) is 5.92 Å². The van der Waals surface area contributed by atoms with Crippen molar-refractivity contribution >= 4 is 5.97 Å². The topological polar surface area (TPSA) is 76.5 Å². The summed E-state index contributed by atoms with van der Waals surface area (Å²) in [6.45, 7) is 0.398. The summed E-state index contributed by atoms with van der Waals surface area (Å²) >= 11 is 0. The van der Waals surface area contributed by atoms with Crippen molar-refractivity contribution in [3.63, 3.8) is 0 Å². The van der Waals surface area contributed by atoms with Gasteiger partial charge in [-0.05, 0) is 31.0 Å². The SMILES string of the molecule is NCCC(Cc1ccoc1)C(=O)O. The highest BCUT2D eigenvalue weighted by Gasteiger charge is 2.17. The molecular formula is C9H13NO3. The average Bonchev–Trinajstić information content (AvgIpc) is 2.56. The zero-order valence-electron chi connectivity index (χ0n) is 7.27. The largest absolute Gasteiger partial charge is 0.481 e. The van der Waals surface area contributed by atoms with Crippen LogP contribution >= 0.6 is 0 Å². The molecule has 4 heteroatoms. The number of furan rings is 1. The Morgan fingerprint density at radius 1 is 1.69 bits per heavy atom. The second kappa shape index (κ2) is 4.67. The van der Waals surface area contributed by atoms with Crippen molar-refractivity contribution in [3.8, 4) is 0 Å². The van der Waals surface area contributed by atoms with Crippen LogP contribution in [0.25, 0.3) is 0 Å². The predicted octanol–water partition coefficient (Wildman–Crippen LogP) is 0.872. The van der Waals surface area contributed by atoms with Gasteiger partial charge >= 0.3 is 5.97 Å². The van der Waals surface area contributed by atoms with Crippen LogP contribution in [-0.2, 0) is 11.2 Å². The molecule has 13 heavy (non-hydrogen) atoms. The third kappa shape index (κ3) is 2.91. The van der Waals surface area contributed by atoms with Crippen molar-refractivity contribution in [1.29, 1.82) is 0 Å². The van der Waals surface area contributed by atoms with Crippen LogP contribution < -0.4 is 5.73 Å². The Hall–Kier alpha value is -1.29. The summed E-state index contributed by atoms with van der Waals surface area (Å²) in [5.41, 5.74) is 6.21. The first-order chi connectivity index (χ1) is 6.24. The number of nitrogens with two attached hydrogens (primary N) is 1. The van der Waals surface area contributed by atoms with Crippen molar-refractivity contribution in [3.05, 3.63) is 24.2 Å². The lowest BCUT2D eigenvalue weighted by Gasteiger charge is -2.08. The van der Waals surface area contributed by atoms with E-state index < -0.39 is 11.9 Å². The van der Waals surface area contributed by atoms with E-state index in [1.165, 1.54) is 6.26 Å². The number of rotatable bonds is 5. The van der Waals surface area contributed by atoms with Gasteiger partial charge in [0.2, 0.25) is 0 Å². The second-order valence-corrected chi connectivity index (χ2v) is 2.95. The molecule has 4 nitrogen and oxygen atoms in total. The summed E-state index contributed by atoms with van der Waals surface area (Å²) in [5, 5.41) is 8.82. The molecule has 0 aromatic carbocycles. The predicted molar refractivity (Wildman–Crippen MR) is 47.2 cm³/mol. The summed E-state index contributed by atoms with van der Waals surface area (Å²) in [4.78, 5) is 10.7. The molecule has 0 radical (unpaired) electrons. The highest BCUT2D eigenvalue weighted by atomic mass is 16.4. The number of hydrogen-bond acceptors (Lipinski definition) is 3. The van der Waals surface area contributed by atoms with E-state index in [0.29, 0.717) is 19.4 Å². The number of carboxylic acid groups (broad SMARTS) is 1. The molecule has 0 aliphatic rings. The molecule has 3 N–H and O–H groups in total. The molecular weight excluding hydrogens is 170 g/mol. The fourth-order valence-electron chi connectivity index (χ4n) is 1.21. The average molecular weight is 183 g/mol. The Bertz CT molecular complexity index is 256. The number of hydrogen-bond donors (Lipinski definition) is 2. The molecule has 0 spiro atoms.